The fourth-order valence-corrected chi connectivity index (χ4v) is 1.78. The molecule has 0 radical (unpaired) electrons. The first-order valence-electron chi connectivity index (χ1n) is 7.21. The van der Waals surface area contributed by atoms with E-state index in [1.165, 1.54) is 0 Å². The van der Waals surface area contributed by atoms with E-state index in [4.69, 9.17) is 30.4 Å². The minimum absolute atomic E-state index is 0.201. The number of hydrogen-bond acceptors (Lipinski definition) is 6. The van der Waals surface area contributed by atoms with Gasteiger partial charge in [-0.25, -0.2) is 0 Å². The fraction of sp³-hybridized carbons (Fsp3) is 1.00. The lowest BCUT2D eigenvalue weighted by atomic mass is 10.3. The number of ether oxygens (including phenoxy) is 4. The molecular formula is C14H32N2O4. The third kappa shape index (κ3) is 6.03. The highest BCUT2D eigenvalue weighted by molar-refractivity contribution is 4.82. The smallest absolute Gasteiger partial charge is 0.298 e. The number of rotatable bonds is 9. The van der Waals surface area contributed by atoms with E-state index in [1.54, 1.807) is 0 Å². The molecule has 0 spiro atoms. The Labute approximate surface area is 123 Å². The molecule has 0 unspecified atom stereocenters. The molecule has 0 bridgehead atoms. The third-order valence-electron chi connectivity index (χ3n) is 2.13. The highest BCUT2D eigenvalue weighted by atomic mass is 16.8. The first kappa shape index (κ1) is 19.8. The largest absolute Gasteiger partial charge is 0.329 e. The van der Waals surface area contributed by atoms with E-state index in [1.807, 2.05) is 55.4 Å². The Kier molecular flexibility index (Phi) is 7.59. The van der Waals surface area contributed by atoms with Gasteiger partial charge < -0.3 is 18.9 Å². The Hall–Kier alpha value is -0.240. The maximum absolute atomic E-state index is 6.26. The molecule has 4 N–H and O–H groups in total. The van der Waals surface area contributed by atoms with Crippen molar-refractivity contribution in [3.63, 3.8) is 0 Å². The zero-order valence-corrected chi connectivity index (χ0v) is 14.1. The summed E-state index contributed by atoms with van der Waals surface area (Å²) in [6.45, 7) is 14.7. The van der Waals surface area contributed by atoms with Gasteiger partial charge in [-0.2, -0.15) is 0 Å². The Bertz CT molecular complexity index is 232. The van der Waals surface area contributed by atoms with E-state index in [-0.39, 0.29) is 24.4 Å². The molecule has 0 amide bonds. The quantitative estimate of drug-likeness (QED) is 0.631. The van der Waals surface area contributed by atoms with Crippen molar-refractivity contribution < 1.29 is 18.9 Å². The molecule has 0 saturated heterocycles. The van der Waals surface area contributed by atoms with Gasteiger partial charge in [-0.3, -0.25) is 11.5 Å². The Morgan fingerprint density at radius 3 is 0.750 bits per heavy atom. The Balaban J connectivity index is 5.47. The van der Waals surface area contributed by atoms with Gasteiger partial charge in [0.15, 0.2) is 0 Å². The number of hydrogen-bond donors (Lipinski definition) is 2. The highest BCUT2D eigenvalue weighted by Gasteiger charge is 2.54. The van der Waals surface area contributed by atoms with Crippen molar-refractivity contribution >= 4 is 0 Å². The van der Waals surface area contributed by atoms with E-state index in [9.17, 15) is 0 Å². The van der Waals surface area contributed by atoms with Crippen LogP contribution in [0, 0.1) is 0 Å². The number of nitrogens with two attached hydrogens (primary N) is 2. The van der Waals surface area contributed by atoms with Crippen LogP contribution in [0.25, 0.3) is 0 Å². The topological polar surface area (TPSA) is 89.0 Å². The molecule has 20 heavy (non-hydrogen) atoms. The predicted molar refractivity (Wildman–Crippen MR) is 78.7 cm³/mol. The first-order chi connectivity index (χ1) is 8.92. The summed E-state index contributed by atoms with van der Waals surface area (Å²) in [5, 5.41) is 0. The minimum atomic E-state index is -1.70. The van der Waals surface area contributed by atoms with Gasteiger partial charge in [0.1, 0.15) is 0 Å². The van der Waals surface area contributed by atoms with Crippen LogP contribution in [-0.2, 0) is 18.9 Å². The molecule has 0 aliphatic heterocycles. The SMILES string of the molecule is CC(C)OC(N)(OC(C)C)C(N)(OC(C)C)OC(C)C. The summed E-state index contributed by atoms with van der Waals surface area (Å²) >= 11 is 0. The molecule has 0 fully saturated rings. The summed E-state index contributed by atoms with van der Waals surface area (Å²) < 4.78 is 22.8. The lowest BCUT2D eigenvalue weighted by Crippen LogP contribution is -2.73. The second-order valence-corrected chi connectivity index (χ2v) is 6.00. The fourth-order valence-electron chi connectivity index (χ4n) is 1.78. The van der Waals surface area contributed by atoms with Crippen LogP contribution in [0.2, 0.25) is 0 Å². The molecule has 0 aromatic heterocycles. The van der Waals surface area contributed by atoms with Crippen molar-refractivity contribution in [2.24, 2.45) is 11.5 Å². The molecule has 0 heterocycles. The lowest BCUT2D eigenvalue weighted by molar-refractivity contribution is -0.432. The molecule has 0 saturated carbocycles. The monoisotopic (exact) mass is 292 g/mol. The van der Waals surface area contributed by atoms with E-state index < -0.39 is 11.8 Å². The summed E-state index contributed by atoms with van der Waals surface area (Å²) in [6.07, 6.45) is -0.803. The molecule has 0 aromatic rings. The molecule has 0 aliphatic rings. The summed E-state index contributed by atoms with van der Waals surface area (Å²) in [4.78, 5) is 0. The van der Waals surface area contributed by atoms with Crippen LogP contribution in [0.1, 0.15) is 55.4 Å². The van der Waals surface area contributed by atoms with Crippen molar-refractivity contribution in [3.05, 3.63) is 0 Å². The van der Waals surface area contributed by atoms with Gasteiger partial charge >= 0.3 is 0 Å². The van der Waals surface area contributed by atoms with Crippen molar-refractivity contribution in [1.82, 2.24) is 0 Å². The van der Waals surface area contributed by atoms with E-state index in [0.29, 0.717) is 0 Å². The van der Waals surface area contributed by atoms with Gasteiger partial charge in [-0.1, -0.05) is 0 Å². The van der Waals surface area contributed by atoms with Gasteiger partial charge in [0.25, 0.3) is 11.8 Å². The van der Waals surface area contributed by atoms with Crippen LogP contribution in [-0.4, -0.2) is 36.2 Å². The maximum atomic E-state index is 6.26. The predicted octanol–water partition coefficient (Wildman–Crippen LogP) is 1.91. The van der Waals surface area contributed by atoms with E-state index >= 15 is 0 Å². The summed E-state index contributed by atoms with van der Waals surface area (Å²) in [5.74, 6) is -3.41. The zero-order chi connectivity index (χ0) is 16.1. The van der Waals surface area contributed by atoms with Gasteiger partial charge in [0.2, 0.25) is 0 Å². The van der Waals surface area contributed by atoms with Crippen molar-refractivity contribution in [2.75, 3.05) is 0 Å². The first-order valence-corrected chi connectivity index (χ1v) is 7.21. The normalized spacial score (nSPS) is 14.1. The second-order valence-electron chi connectivity index (χ2n) is 6.00. The summed E-state index contributed by atoms with van der Waals surface area (Å²) in [6, 6.07) is 0. The Morgan fingerprint density at radius 1 is 0.500 bits per heavy atom. The van der Waals surface area contributed by atoms with Gasteiger partial charge in [0, 0.05) is 0 Å². The molecule has 0 rings (SSSR count). The van der Waals surface area contributed by atoms with Crippen molar-refractivity contribution in [3.8, 4) is 0 Å². The van der Waals surface area contributed by atoms with Crippen molar-refractivity contribution in [1.29, 1.82) is 0 Å². The van der Waals surface area contributed by atoms with Crippen LogP contribution in [0.5, 0.6) is 0 Å². The standard InChI is InChI=1S/C14H32N2O4/c1-9(2)17-13(15,18-10(3)4)14(16,19-11(5)6)20-12(7)8/h9-12H,15-16H2,1-8H3. The lowest BCUT2D eigenvalue weighted by Gasteiger charge is -2.46. The Morgan fingerprint density at radius 2 is 0.650 bits per heavy atom. The van der Waals surface area contributed by atoms with Gasteiger partial charge in [-0.15, -0.1) is 0 Å². The molecule has 122 valence electrons. The highest BCUT2D eigenvalue weighted by Crippen LogP contribution is 2.29. The molecule has 6 nitrogen and oxygen atoms in total. The molecule has 0 aromatic carbocycles. The van der Waals surface area contributed by atoms with E-state index in [2.05, 4.69) is 0 Å². The summed E-state index contributed by atoms with van der Waals surface area (Å²) in [5.41, 5.74) is 12.5. The second kappa shape index (κ2) is 7.68. The van der Waals surface area contributed by atoms with Crippen LogP contribution in [0.3, 0.4) is 0 Å². The molecule has 0 aliphatic carbocycles. The van der Waals surface area contributed by atoms with Crippen molar-refractivity contribution in [2.45, 2.75) is 91.6 Å². The summed E-state index contributed by atoms with van der Waals surface area (Å²) in [7, 11) is 0. The van der Waals surface area contributed by atoms with Crippen LogP contribution < -0.4 is 11.5 Å². The van der Waals surface area contributed by atoms with Crippen LogP contribution >= 0.6 is 0 Å². The van der Waals surface area contributed by atoms with E-state index in [0.717, 1.165) is 0 Å². The zero-order valence-electron chi connectivity index (χ0n) is 14.1. The van der Waals surface area contributed by atoms with Crippen LogP contribution in [0.4, 0.5) is 0 Å². The van der Waals surface area contributed by atoms with Crippen LogP contribution in [0.15, 0.2) is 0 Å². The van der Waals surface area contributed by atoms with Gasteiger partial charge in [0.05, 0.1) is 24.4 Å². The maximum Gasteiger partial charge on any atom is 0.298 e. The van der Waals surface area contributed by atoms with Gasteiger partial charge in [-0.05, 0) is 55.4 Å². The minimum Gasteiger partial charge on any atom is -0.329 e. The average molecular weight is 292 g/mol. The third-order valence-corrected chi connectivity index (χ3v) is 2.13. The molecular weight excluding hydrogens is 260 g/mol. The molecule has 0 atom stereocenters. The molecule has 6 heteroatoms. The average Bonchev–Trinajstić information content (AvgIpc) is 2.10.